The second-order valence-corrected chi connectivity index (χ2v) is 4.16. The highest BCUT2D eigenvalue weighted by Gasteiger charge is 2.10. The Bertz CT molecular complexity index is 596. The average molecular weight is 261 g/mol. The minimum atomic E-state index is -0.318. The van der Waals surface area contributed by atoms with Gasteiger partial charge in [0.2, 0.25) is 0 Å². The molecule has 0 saturated heterocycles. The maximum atomic E-state index is 11.7. The average Bonchev–Trinajstić information content (AvgIpc) is 2.97. The molecule has 6 nitrogen and oxygen atoms in total. The first-order chi connectivity index (χ1) is 9.08. The first-order valence-electron chi connectivity index (χ1n) is 5.72. The minimum absolute atomic E-state index is 0.318. The lowest BCUT2D eigenvalue weighted by molar-refractivity contribution is 0.0953. The molecule has 0 aromatic carbocycles. The molecule has 1 amide bonds. The number of nitrogens with one attached hydrogen (secondary N) is 1. The zero-order chi connectivity index (χ0) is 13.8. The summed E-state index contributed by atoms with van der Waals surface area (Å²) in [5.41, 5.74) is 2.87. The zero-order valence-electron chi connectivity index (χ0n) is 11.0. The molecule has 0 spiro atoms. The summed E-state index contributed by atoms with van der Waals surface area (Å²) in [5, 5.41) is 3.83. The summed E-state index contributed by atoms with van der Waals surface area (Å²) in [7, 11) is 3.76. The number of carbonyl (C=O) groups excluding carboxylic acids is 1. The van der Waals surface area contributed by atoms with Crippen LogP contribution in [-0.4, -0.2) is 26.2 Å². The van der Waals surface area contributed by atoms with Crippen molar-refractivity contribution in [1.82, 2.24) is 5.43 Å². The summed E-state index contributed by atoms with van der Waals surface area (Å²) in [6, 6.07) is 5.19. The molecule has 6 heteroatoms. The Morgan fingerprint density at radius 2 is 2.16 bits per heavy atom. The number of rotatable bonds is 4. The van der Waals surface area contributed by atoms with Crippen LogP contribution in [0.1, 0.15) is 21.9 Å². The molecular formula is C13H15N3O3. The van der Waals surface area contributed by atoms with Crippen molar-refractivity contribution < 1.29 is 13.6 Å². The molecule has 1 N–H and O–H groups in total. The van der Waals surface area contributed by atoms with Gasteiger partial charge in [-0.25, -0.2) is 5.43 Å². The maximum absolute atomic E-state index is 11.7. The number of hydrazone groups is 1. The highest BCUT2D eigenvalue weighted by Crippen LogP contribution is 2.14. The van der Waals surface area contributed by atoms with Gasteiger partial charge < -0.3 is 13.7 Å². The van der Waals surface area contributed by atoms with E-state index in [2.05, 4.69) is 10.5 Å². The number of anilines is 1. The van der Waals surface area contributed by atoms with E-state index in [1.54, 1.807) is 19.1 Å². The SMILES string of the molecule is Cc1occc1C(=O)NN=Cc1ccc(N(C)C)o1. The molecule has 0 radical (unpaired) electrons. The Hall–Kier alpha value is -2.50. The lowest BCUT2D eigenvalue weighted by atomic mass is 10.2. The smallest absolute Gasteiger partial charge is 0.274 e. The van der Waals surface area contributed by atoms with Crippen molar-refractivity contribution in [1.29, 1.82) is 0 Å². The largest absolute Gasteiger partial charge is 0.469 e. The van der Waals surface area contributed by atoms with Crippen LogP contribution in [0, 0.1) is 6.92 Å². The summed E-state index contributed by atoms with van der Waals surface area (Å²) < 4.78 is 10.5. The fraction of sp³-hybridized carbons (Fsp3) is 0.231. The van der Waals surface area contributed by atoms with Gasteiger partial charge in [-0.2, -0.15) is 5.10 Å². The van der Waals surface area contributed by atoms with Crippen LogP contribution in [0.2, 0.25) is 0 Å². The Labute approximate surface area is 110 Å². The van der Waals surface area contributed by atoms with Gasteiger partial charge in [-0.3, -0.25) is 4.79 Å². The van der Waals surface area contributed by atoms with Crippen LogP contribution in [0.4, 0.5) is 5.88 Å². The van der Waals surface area contributed by atoms with E-state index >= 15 is 0 Å². The van der Waals surface area contributed by atoms with Gasteiger partial charge in [0.15, 0.2) is 5.88 Å². The molecule has 0 saturated carbocycles. The van der Waals surface area contributed by atoms with E-state index in [-0.39, 0.29) is 5.91 Å². The highest BCUT2D eigenvalue weighted by molar-refractivity contribution is 5.95. The lowest BCUT2D eigenvalue weighted by Gasteiger charge is -2.05. The minimum Gasteiger partial charge on any atom is -0.469 e. The Kier molecular flexibility index (Phi) is 3.70. The zero-order valence-corrected chi connectivity index (χ0v) is 11.0. The third kappa shape index (κ3) is 3.04. The molecule has 0 bridgehead atoms. The summed E-state index contributed by atoms with van der Waals surface area (Å²) in [6.07, 6.45) is 2.91. The van der Waals surface area contributed by atoms with Crippen LogP contribution in [0.25, 0.3) is 0 Å². The van der Waals surface area contributed by atoms with Gasteiger partial charge in [-0.05, 0) is 19.1 Å². The molecule has 100 valence electrons. The number of aryl methyl sites for hydroxylation is 1. The fourth-order valence-electron chi connectivity index (χ4n) is 1.49. The van der Waals surface area contributed by atoms with Crippen molar-refractivity contribution in [3.05, 3.63) is 41.5 Å². The van der Waals surface area contributed by atoms with Gasteiger partial charge in [0.1, 0.15) is 11.5 Å². The fourth-order valence-corrected chi connectivity index (χ4v) is 1.49. The molecule has 0 unspecified atom stereocenters. The van der Waals surface area contributed by atoms with E-state index in [9.17, 15) is 4.79 Å². The maximum Gasteiger partial charge on any atom is 0.274 e. The molecule has 0 atom stereocenters. The van der Waals surface area contributed by atoms with E-state index in [1.165, 1.54) is 12.5 Å². The standard InChI is InChI=1S/C13H15N3O3/c1-9-11(6-7-18-9)13(17)15-14-8-10-4-5-12(19-10)16(2)3/h4-8H,1-3H3,(H,15,17). The second kappa shape index (κ2) is 5.43. The summed E-state index contributed by atoms with van der Waals surface area (Å²) in [6.45, 7) is 1.72. The first kappa shape index (κ1) is 12.9. The van der Waals surface area contributed by atoms with Gasteiger partial charge in [0.05, 0.1) is 18.0 Å². The Morgan fingerprint density at radius 1 is 1.37 bits per heavy atom. The van der Waals surface area contributed by atoms with E-state index in [0.29, 0.717) is 17.1 Å². The normalized spacial score (nSPS) is 10.9. The van der Waals surface area contributed by atoms with Crippen molar-refractivity contribution in [2.45, 2.75) is 6.92 Å². The van der Waals surface area contributed by atoms with Crippen molar-refractivity contribution in [3.8, 4) is 0 Å². The van der Waals surface area contributed by atoms with Crippen LogP contribution >= 0.6 is 0 Å². The quantitative estimate of drug-likeness (QED) is 0.675. The molecular weight excluding hydrogens is 246 g/mol. The Balaban J connectivity index is 1.96. The van der Waals surface area contributed by atoms with Crippen LogP contribution in [0.3, 0.4) is 0 Å². The van der Waals surface area contributed by atoms with E-state index in [1.807, 2.05) is 25.1 Å². The molecule has 0 aliphatic rings. The first-order valence-corrected chi connectivity index (χ1v) is 5.72. The number of furan rings is 2. The summed E-state index contributed by atoms with van der Waals surface area (Å²) in [4.78, 5) is 13.5. The molecule has 2 rings (SSSR count). The molecule has 19 heavy (non-hydrogen) atoms. The number of hydrogen-bond acceptors (Lipinski definition) is 5. The molecule has 2 heterocycles. The summed E-state index contributed by atoms with van der Waals surface area (Å²) >= 11 is 0. The van der Waals surface area contributed by atoms with Gasteiger partial charge in [0, 0.05) is 20.2 Å². The predicted octanol–water partition coefficient (Wildman–Crippen LogP) is 2.01. The third-order valence-corrected chi connectivity index (χ3v) is 2.51. The van der Waals surface area contributed by atoms with Gasteiger partial charge in [0.25, 0.3) is 5.91 Å². The van der Waals surface area contributed by atoms with E-state index < -0.39 is 0 Å². The van der Waals surface area contributed by atoms with Crippen molar-refractivity contribution in [3.63, 3.8) is 0 Å². The molecule has 0 aliphatic heterocycles. The number of amides is 1. The van der Waals surface area contributed by atoms with E-state index in [4.69, 9.17) is 8.83 Å². The van der Waals surface area contributed by atoms with Gasteiger partial charge in [-0.1, -0.05) is 0 Å². The van der Waals surface area contributed by atoms with Crippen LogP contribution in [0.5, 0.6) is 0 Å². The number of hydrogen-bond donors (Lipinski definition) is 1. The molecule has 0 aliphatic carbocycles. The van der Waals surface area contributed by atoms with Crippen LogP contribution < -0.4 is 10.3 Å². The number of carbonyl (C=O) groups is 1. The van der Waals surface area contributed by atoms with Gasteiger partial charge in [-0.15, -0.1) is 0 Å². The van der Waals surface area contributed by atoms with Gasteiger partial charge >= 0.3 is 0 Å². The Morgan fingerprint density at radius 3 is 2.74 bits per heavy atom. The lowest BCUT2D eigenvalue weighted by Crippen LogP contribution is -2.17. The predicted molar refractivity (Wildman–Crippen MR) is 71.5 cm³/mol. The topological polar surface area (TPSA) is 71.0 Å². The highest BCUT2D eigenvalue weighted by atomic mass is 16.4. The third-order valence-electron chi connectivity index (χ3n) is 2.51. The monoisotopic (exact) mass is 261 g/mol. The van der Waals surface area contributed by atoms with Crippen LogP contribution in [-0.2, 0) is 0 Å². The molecule has 2 aromatic rings. The molecule has 0 fully saturated rings. The van der Waals surface area contributed by atoms with Crippen molar-refractivity contribution in [2.24, 2.45) is 5.10 Å². The number of nitrogens with zero attached hydrogens (tertiary/aromatic N) is 2. The molecule has 2 aromatic heterocycles. The van der Waals surface area contributed by atoms with Crippen molar-refractivity contribution >= 4 is 18.0 Å². The van der Waals surface area contributed by atoms with Crippen molar-refractivity contribution in [2.75, 3.05) is 19.0 Å². The second-order valence-electron chi connectivity index (χ2n) is 4.16. The summed E-state index contributed by atoms with van der Waals surface area (Å²) in [5.74, 6) is 1.52. The van der Waals surface area contributed by atoms with E-state index in [0.717, 1.165) is 5.88 Å². The van der Waals surface area contributed by atoms with Crippen LogP contribution in [0.15, 0.2) is 38.4 Å².